The van der Waals surface area contributed by atoms with Crippen molar-refractivity contribution in [2.24, 2.45) is 0 Å². The Morgan fingerprint density at radius 2 is 1.90 bits per heavy atom. The van der Waals surface area contributed by atoms with Gasteiger partial charge in [-0.15, -0.1) is 0 Å². The van der Waals surface area contributed by atoms with Gasteiger partial charge in [-0.3, -0.25) is 4.98 Å². The van der Waals surface area contributed by atoms with Gasteiger partial charge in [-0.05, 0) is 52.7 Å². The van der Waals surface area contributed by atoms with Gasteiger partial charge in [0.2, 0.25) is 0 Å². The Kier molecular flexibility index (Phi) is 3.32. The number of aryl methyl sites for hydroxylation is 1. The first-order valence-electron chi connectivity index (χ1n) is 6.30. The van der Waals surface area contributed by atoms with Gasteiger partial charge in [0.25, 0.3) is 0 Å². The molecule has 0 fully saturated rings. The SMILES string of the molecule is Cc1ccc(Nc2ccc3cnccc3c2N)c(Br)c1. The Labute approximate surface area is 126 Å². The van der Waals surface area contributed by atoms with Gasteiger partial charge >= 0.3 is 0 Å². The summed E-state index contributed by atoms with van der Waals surface area (Å²) in [6, 6.07) is 12.1. The van der Waals surface area contributed by atoms with Crippen LogP contribution in [0.5, 0.6) is 0 Å². The summed E-state index contributed by atoms with van der Waals surface area (Å²) in [7, 11) is 0. The maximum atomic E-state index is 6.24. The van der Waals surface area contributed by atoms with Crippen molar-refractivity contribution in [1.29, 1.82) is 0 Å². The molecule has 4 heteroatoms. The molecule has 0 spiro atoms. The van der Waals surface area contributed by atoms with Crippen molar-refractivity contribution < 1.29 is 0 Å². The summed E-state index contributed by atoms with van der Waals surface area (Å²) in [4.78, 5) is 4.11. The number of pyridine rings is 1. The average molecular weight is 328 g/mol. The van der Waals surface area contributed by atoms with Crippen molar-refractivity contribution in [1.82, 2.24) is 4.98 Å². The lowest BCUT2D eigenvalue weighted by Crippen LogP contribution is -1.98. The summed E-state index contributed by atoms with van der Waals surface area (Å²) in [5, 5.41) is 5.42. The molecule has 0 aliphatic carbocycles. The number of hydrogen-bond donors (Lipinski definition) is 2. The van der Waals surface area contributed by atoms with E-state index < -0.39 is 0 Å². The maximum absolute atomic E-state index is 6.24. The van der Waals surface area contributed by atoms with Gasteiger partial charge in [-0.2, -0.15) is 0 Å². The molecule has 0 bridgehead atoms. The number of aromatic nitrogens is 1. The van der Waals surface area contributed by atoms with Crippen LogP contribution in [0.2, 0.25) is 0 Å². The second kappa shape index (κ2) is 5.13. The van der Waals surface area contributed by atoms with Gasteiger partial charge < -0.3 is 11.1 Å². The van der Waals surface area contributed by atoms with E-state index in [4.69, 9.17) is 5.73 Å². The highest BCUT2D eigenvalue weighted by atomic mass is 79.9. The number of rotatable bonds is 2. The van der Waals surface area contributed by atoms with E-state index in [1.165, 1.54) is 5.56 Å². The number of benzene rings is 2. The molecule has 0 saturated heterocycles. The third kappa shape index (κ3) is 2.34. The van der Waals surface area contributed by atoms with E-state index in [9.17, 15) is 0 Å². The van der Waals surface area contributed by atoms with E-state index in [0.717, 1.165) is 32.3 Å². The quantitative estimate of drug-likeness (QED) is 0.674. The molecule has 3 nitrogen and oxygen atoms in total. The summed E-state index contributed by atoms with van der Waals surface area (Å²) >= 11 is 3.57. The second-order valence-corrected chi connectivity index (χ2v) is 5.59. The summed E-state index contributed by atoms with van der Waals surface area (Å²) in [6.45, 7) is 2.06. The maximum Gasteiger partial charge on any atom is 0.0634 e. The Balaban J connectivity index is 2.04. The van der Waals surface area contributed by atoms with Crippen molar-refractivity contribution in [3.63, 3.8) is 0 Å². The van der Waals surface area contributed by atoms with Crippen LogP contribution in [0, 0.1) is 6.92 Å². The monoisotopic (exact) mass is 327 g/mol. The predicted molar refractivity (Wildman–Crippen MR) is 88.3 cm³/mol. The number of nitrogens with zero attached hydrogens (tertiary/aromatic N) is 1. The first kappa shape index (κ1) is 12.9. The van der Waals surface area contributed by atoms with Crippen molar-refractivity contribution in [2.75, 3.05) is 11.1 Å². The molecule has 3 aromatic rings. The highest BCUT2D eigenvalue weighted by Gasteiger charge is 2.06. The molecule has 0 aliphatic rings. The topological polar surface area (TPSA) is 50.9 Å². The normalized spacial score (nSPS) is 10.7. The minimum absolute atomic E-state index is 0.734. The first-order chi connectivity index (χ1) is 9.65. The van der Waals surface area contributed by atoms with Gasteiger partial charge in [0, 0.05) is 27.6 Å². The summed E-state index contributed by atoms with van der Waals surface area (Å²) in [5.74, 6) is 0. The zero-order valence-corrected chi connectivity index (χ0v) is 12.6. The van der Waals surface area contributed by atoms with Crippen molar-refractivity contribution in [3.05, 3.63) is 58.8 Å². The molecule has 3 rings (SSSR count). The largest absolute Gasteiger partial charge is 0.397 e. The highest BCUT2D eigenvalue weighted by molar-refractivity contribution is 9.10. The molecule has 1 heterocycles. The Morgan fingerprint density at radius 1 is 1.10 bits per heavy atom. The van der Waals surface area contributed by atoms with Crippen LogP contribution < -0.4 is 11.1 Å². The molecule has 3 N–H and O–H groups in total. The lowest BCUT2D eigenvalue weighted by Gasteiger charge is -2.13. The molecule has 0 unspecified atom stereocenters. The second-order valence-electron chi connectivity index (χ2n) is 4.73. The number of anilines is 3. The Morgan fingerprint density at radius 3 is 2.70 bits per heavy atom. The summed E-state index contributed by atoms with van der Waals surface area (Å²) < 4.78 is 1.02. The minimum atomic E-state index is 0.734. The van der Waals surface area contributed by atoms with Gasteiger partial charge in [0.1, 0.15) is 0 Å². The van der Waals surface area contributed by atoms with Crippen molar-refractivity contribution in [2.45, 2.75) is 6.92 Å². The molecule has 2 aromatic carbocycles. The molecule has 20 heavy (non-hydrogen) atoms. The average Bonchev–Trinajstić information content (AvgIpc) is 2.45. The molecule has 0 saturated carbocycles. The molecular formula is C16H14BrN3. The van der Waals surface area contributed by atoms with Crippen LogP contribution >= 0.6 is 15.9 Å². The van der Waals surface area contributed by atoms with Crippen LogP contribution in [-0.4, -0.2) is 4.98 Å². The molecule has 1 aromatic heterocycles. The third-order valence-corrected chi connectivity index (χ3v) is 3.91. The lowest BCUT2D eigenvalue weighted by atomic mass is 10.1. The fraction of sp³-hybridized carbons (Fsp3) is 0.0625. The van der Waals surface area contributed by atoms with E-state index in [0.29, 0.717) is 0 Å². The fourth-order valence-electron chi connectivity index (χ4n) is 2.17. The van der Waals surface area contributed by atoms with E-state index in [2.05, 4.69) is 45.3 Å². The molecule has 100 valence electrons. The lowest BCUT2D eigenvalue weighted by molar-refractivity contribution is 1.36. The van der Waals surface area contributed by atoms with Crippen LogP contribution in [0.3, 0.4) is 0 Å². The molecule has 0 radical (unpaired) electrons. The van der Waals surface area contributed by atoms with E-state index in [1.807, 2.05) is 30.5 Å². The molecule has 0 amide bonds. The van der Waals surface area contributed by atoms with E-state index in [1.54, 1.807) is 6.20 Å². The zero-order valence-electron chi connectivity index (χ0n) is 11.0. The predicted octanol–water partition coefficient (Wildman–Crippen LogP) is 4.63. The highest BCUT2D eigenvalue weighted by Crippen LogP contribution is 2.33. The van der Waals surface area contributed by atoms with E-state index in [-0.39, 0.29) is 0 Å². The number of halogens is 1. The third-order valence-electron chi connectivity index (χ3n) is 3.26. The first-order valence-corrected chi connectivity index (χ1v) is 7.10. The number of fused-ring (bicyclic) bond motifs is 1. The van der Waals surface area contributed by atoms with Crippen LogP contribution in [0.1, 0.15) is 5.56 Å². The smallest absolute Gasteiger partial charge is 0.0634 e. The van der Waals surface area contributed by atoms with Crippen molar-refractivity contribution in [3.8, 4) is 0 Å². The Hall–Kier alpha value is -2.07. The van der Waals surface area contributed by atoms with Crippen LogP contribution in [0.25, 0.3) is 10.8 Å². The number of nitrogen functional groups attached to an aromatic ring is 1. The van der Waals surface area contributed by atoms with E-state index >= 15 is 0 Å². The zero-order chi connectivity index (χ0) is 14.1. The number of hydrogen-bond acceptors (Lipinski definition) is 3. The summed E-state index contributed by atoms with van der Waals surface area (Å²) in [5.41, 5.74) is 10.1. The molecular weight excluding hydrogens is 314 g/mol. The van der Waals surface area contributed by atoms with Crippen molar-refractivity contribution >= 4 is 43.8 Å². The number of nitrogens with two attached hydrogens (primary N) is 1. The molecule has 0 aliphatic heterocycles. The van der Waals surface area contributed by atoms with Gasteiger partial charge in [0.15, 0.2) is 0 Å². The molecule has 0 atom stereocenters. The Bertz CT molecular complexity index is 784. The van der Waals surface area contributed by atoms with Gasteiger partial charge in [-0.25, -0.2) is 0 Å². The number of nitrogens with one attached hydrogen (secondary N) is 1. The van der Waals surface area contributed by atoms with Crippen LogP contribution in [0.4, 0.5) is 17.1 Å². The standard InChI is InChI=1S/C16H14BrN3/c1-10-2-4-14(13(17)8-10)20-15-5-3-11-9-19-7-6-12(11)16(15)18/h2-9,20H,18H2,1H3. The van der Waals surface area contributed by atoms with Crippen LogP contribution in [0.15, 0.2) is 53.3 Å². The van der Waals surface area contributed by atoms with Crippen LogP contribution in [-0.2, 0) is 0 Å². The van der Waals surface area contributed by atoms with Gasteiger partial charge in [0.05, 0.1) is 17.1 Å². The summed E-state index contributed by atoms with van der Waals surface area (Å²) in [6.07, 6.45) is 3.57. The van der Waals surface area contributed by atoms with Gasteiger partial charge in [-0.1, -0.05) is 12.1 Å². The fourth-order valence-corrected chi connectivity index (χ4v) is 2.76. The minimum Gasteiger partial charge on any atom is -0.397 e.